The van der Waals surface area contributed by atoms with Crippen LogP contribution in [0.1, 0.15) is 0 Å². The van der Waals surface area contributed by atoms with Gasteiger partial charge in [0.1, 0.15) is 12.1 Å². The van der Waals surface area contributed by atoms with Crippen molar-refractivity contribution in [1.82, 2.24) is 24.1 Å². The molecule has 2 N–H and O–H groups in total. The van der Waals surface area contributed by atoms with Crippen LogP contribution >= 0.6 is 0 Å². The molecule has 74 valence electrons. The molecule has 0 atom stereocenters. The monoisotopic (exact) mass is 200 g/mol. The van der Waals surface area contributed by atoms with Crippen molar-refractivity contribution in [3.63, 3.8) is 0 Å². The van der Waals surface area contributed by atoms with Crippen molar-refractivity contribution in [3.8, 4) is 5.82 Å². The Bertz CT molecular complexity index is 594. The summed E-state index contributed by atoms with van der Waals surface area (Å²) in [4.78, 5) is 8.06. The van der Waals surface area contributed by atoms with E-state index in [1.165, 1.54) is 0 Å². The fourth-order valence-electron chi connectivity index (χ4n) is 1.50. The van der Waals surface area contributed by atoms with E-state index < -0.39 is 0 Å². The molecule has 3 aromatic rings. The number of anilines is 1. The smallest absolute Gasteiger partial charge is 0.240 e. The van der Waals surface area contributed by atoms with E-state index in [1.54, 1.807) is 17.0 Å². The van der Waals surface area contributed by atoms with Gasteiger partial charge in [-0.05, 0) is 12.1 Å². The lowest BCUT2D eigenvalue weighted by atomic mass is 10.4. The van der Waals surface area contributed by atoms with Gasteiger partial charge in [0.25, 0.3) is 0 Å². The van der Waals surface area contributed by atoms with Crippen molar-refractivity contribution in [2.24, 2.45) is 0 Å². The first-order valence-corrected chi connectivity index (χ1v) is 4.44. The molecule has 0 aromatic carbocycles. The minimum Gasteiger partial charge on any atom is -0.366 e. The Balaban J connectivity index is 2.35. The number of nitrogen functional groups attached to an aromatic ring is 1. The first-order chi connectivity index (χ1) is 7.34. The van der Waals surface area contributed by atoms with E-state index in [2.05, 4.69) is 15.1 Å². The highest BCUT2D eigenvalue weighted by Gasteiger charge is 2.05. The second kappa shape index (κ2) is 2.81. The first kappa shape index (κ1) is 7.98. The van der Waals surface area contributed by atoms with Crippen LogP contribution < -0.4 is 5.73 Å². The molecular weight excluding hydrogens is 192 g/mol. The Morgan fingerprint density at radius 3 is 3.00 bits per heavy atom. The zero-order valence-corrected chi connectivity index (χ0v) is 7.78. The maximum Gasteiger partial charge on any atom is 0.240 e. The van der Waals surface area contributed by atoms with Gasteiger partial charge in [0, 0.05) is 12.4 Å². The van der Waals surface area contributed by atoms with Crippen LogP contribution in [0.4, 0.5) is 5.95 Å². The highest BCUT2D eigenvalue weighted by Crippen LogP contribution is 2.10. The van der Waals surface area contributed by atoms with Crippen molar-refractivity contribution in [1.29, 1.82) is 0 Å². The minimum atomic E-state index is 0.266. The average Bonchev–Trinajstić information content (AvgIpc) is 2.82. The topological polar surface area (TPSA) is 74.0 Å². The van der Waals surface area contributed by atoms with Crippen molar-refractivity contribution < 1.29 is 0 Å². The van der Waals surface area contributed by atoms with Crippen LogP contribution in [-0.2, 0) is 0 Å². The molecule has 0 saturated carbocycles. The van der Waals surface area contributed by atoms with Gasteiger partial charge in [-0.15, -0.1) is 5.10 Å². The first-order valence-electron chi connectivity index (χ1n) is 4.44. The van der Waals surface area contributed by atoms with Crippen molar-refractivity contribution in [2.45, 2.75) is 0 Å². The number of hydrogen-bond acceptors (Lipinski definition) is 4. The number of nitrogens with two attached hydrogens (primary N) is 1. The number of imidazole rings is 1. The maximum absolute atomic E-state index is 5.54. The molecule has 0 unspecified atom stereocenters. The number of fused-ring (bicyclic) bond motifs is 1. The normalized spacial score (nSPS) is 10.9. The van der Waals surface area contributed by atoms with Crippen LogP contribution in [0, 0.1) is 0 Å². The van der Waals surface area contributed by atoms with Crippen molar-refractivity contribution in [3.05, 3.63) is 36.9 Å². The van der Waals surface area contributed by atoms with Crippen LogP contribution in [0.2, 0.25) is 0 Å². The summed E-state index contributed by atoms with van der Waals surface area (Å²) in [5.74, 6) is 1.12. The van der Waals surface area contributed by atoms with Crippen LogP contribution in [0.5, 0.6) is 0 Å². The fourth-order valence-corrected chi connectivity index (χ4v) is 1.50. The SMILES string of the molecule is Nc1nc2cccc(-n3ccnc3)n2n1. The summed E-state index contributed by atoms with van der Waals surface area (Å²) < 4.78 is 3.53. The molecule has 3 aromatic heterocycles. The Hall–Kier alpha value is -2.37. The molecule has 0 aliphatic rings. The lowest BCUT2D eigenvalue weighted by Crippen LogP contribution is -2.01. The van der Waals surface area contributed by atoms with Crippen LogP contribution in [0.25, 0.3) is 11.5 Å². The van der Waals surface area contributed by atoms with Gasteiger partial charge >= 0.3 is 0 Å². The molecule has 0 aliphatic carbocycles. The van der Waals surface area contributed by atoms with Crippen molar-refractivity contribution in [2.75, 3.05) is 5.73 Å². The molecule has 0 saturated heterocycles. The Kier molecular flexibility index (Phi) is 1.49. The summed E-state index contributed by atoms with van der Waals surface area (Å²) in [5, 5.41) is 4.10. The molecule has 0 aliphatic heterocycles. The molecule has 0 bridgehead atoms. The molecular formula is C9H8N6. The third kappa shape index (κ3) is 1.15. The molecule has 0 fully saturated rings. The van der Waals surface area contributed by atoms with Gasteiger partial charge in [-0.2, -0.15) is 9.50 Å². The Morgan fingerprint density at radius 1 is 1.27 bits per heavy atom. The third-order valence-corrected chi connectivity index (χ3v) is 2.13. The van der Waals surface area contributed by atoms with E-state index in [0.717, 1.165) is 11.5 Å². The largest absolute Gasteiger partial charge is 0.366 e. The number of hydrogen-bond donors (Lipinski definition) is 1. The summed E-state index contributed by atoms with van der Waals surface area (Å²) >= 11 is 0. The standard InChI is InChI=1S/C9H8N6/c10-9-12-7-2-1-3-8(15(7)13-9)14-5-4-11-6-14/h1-6H,(H2,10,13). The maximum atomic E-state index is 5.54. The van der Waals surface area contributed by atoms with Crippen LogP contribution in [-0.4, -0.2) is 24.1 Å². The van der Waals surface area contributed by atoms with E-state index in [9.17, 15) is 0 Å². The van der Waals surface area contributed by atoms with E-state index in [-0.39, 0.29) is 5.95 Å². The quantitative estimate of drug-likeness (QED) is 0.620. The van der Waals surface area contributed by atoms with E-state index in [1.807, 2.05) is 29.0 Å². The zero-order valence-electron chi connectivity index (χ0n) is 7.78. The van der Waals surface area contributed by atoms with Gasteiger partial charge in [-0.1, -0.05) is 6.07 Å². The van der Waals surface area contributed by atoms with E-state index in [4.69, 9.17) is 5.73 Å². The Morgan fingerprint density at radius 2 is 2.20 bits per heavy atom. The summed E-state index contributed by atoms with van der Waals surface area (Å²) in [6.45, 7) is 0. The Labute approximate surface area is 85.0 Å². The third-order valence-electron chi connectivity index (χ3n) is 2.13. The number of aromatic nitrogens is 5. The zero-order chi connectivity index (χ0) is 10.3. The molecule has 3 rings (SSSR count). The second-order valence-corrected chi connectivity index (χ2v) is 3.09. The molecule has 0 amide bonds. The average molecular weight is 200 g/mol. The molecule has 15 heavy (non-hydrogen) atoms. The van der Waals surface area contributed by atoms with E-state index in [0.29, 0.717) is 0 Å². The summed E-state index contributed by atoms with van der Waals surface area (Å²) in [5.41, 5.74) is 6.27. The molecule has 3 heterocycles. The van der Waals surface area contributed by atoms with Gasteiger partial charge in [0.15, 0.2) is 5.65 Å². The molecule has 0 spiro atoms. The lowest BCUT2D eigenvalue weighted by Gasteiger charge is -2.02. The molecule has 6 heteroatoms. The number of nitrogens with zero attached hydrogens (tertiary/aromatic N) is 5. The number of pyridine rings is 1. The predicted octanol–water partition coefficient (Wildman–Crippen LogP) is 0.497. The predicted molar refractivity (Wildman–Crippen MR) is 54.5 cm³/mol. The highest BCUT2D eigenvalue weighted by atomic mass is 15.4. The number of rotatable bonds is 1. The second-order valence-electron chi connectivity index (χ2n) is 3.09. The van der Waals surface area contributed by atoms with Gasteiger partial charge in [-0.25, -0.2) is 4.98 Å². The van der Waals surface area contributed by atoms with Crippen LogP contribution in [0.3, 0.4) is 0 Å². The summed E-state index contributed by atoms with van der Waals surface area (Å²) in [6.07, 6.45) is 5.25. The van der Waals surface area contributed by atoms with Gasteiger partial charge in [0.2, 0.25) is 5.95 Å². The van der Waals surface area contributed by atoms with Gasteiger partial charge < -0.3 is 5.73 Å². The molecule has 0 radical (unpaired) electrons. The molecule has 6 nitrogen and oxygen atoms in total. The van der Waals surface area contributed by atoms with Gasteiger partial charge in [-0.3, -0.25) is 4.57 Å². The fraction of sp³-hybridized carbons (Fsp3) is 0. The van der Waals surface area contributed by atoms with Crippen molar-refractivity contribution >= 4 is 11.6 Å². The minimum absolute atomic E-state index is 0.266. The van der Waals surface area contributed by atoms with Gasteiger partial charge in [0.05, 0.1) is 0 Å². The highest BCUT2D eigenvalue weighted by molar-refractivity contribution is 5.46. The summed E-state index contributed by atoms with van der Waals surface area (Å²) in [6, 6.07) is 5.67. The lowest BCUT2D eigenvalue weighted by molar-refractivity contribution is 0.871. The van der Waals surface area contributed by atoms with E-state index >= 15 is 0 Å². The van der Waals surface area contributed by atoms with Crippen LogP contribution in [0.15, 0.2) is 36.9 Å². The summed E-state index contributed by atoms with van der Waals surface area (Å²) in [7, 11) is 0.